The van der Waals surface area contributed by atoms with Crippen LogP contribution in [0.15, 0.2) is 23.3 Å². The van der Waals surface area contributed by atoms with Gasteiger partial charge in [0.15, 0.2) is 5.84 Å². The number of hydrogen-bond donors (Lipinski definition) is 4. The number of nitrogens with one attached hydrogen (secondary N) is 2. The first-order chi connectivity index (χ1) is 8.08. The third-order valence-corrected chi connectivity index (χ3v) is 2.12. The molecule has 17 heavy (non-hydrogen) atoms. The lowest BCUT2D eigenvalue weighted by molar-refractivity contribution is 0.282. The summed E-state index contributed by atoms with van der Waals surface area (Å²) in [5.41, 5.74) is 8.46. The summed E-state index contributed by atoms with van der Waals surface area (Å²) in [5.74, 6) is -0.431. The van der Waals surface area contributed by atoms with E-state index in [9.17, 15) is 0 Å². The fourth-order valence-corrected chi connectivity index (χ4v) is 1.26. The van der Waals surface area contributed by atoms with Crippen molar-refractivity contribution in [2.24, 2.45) is 10.8 Å². The maximum atomic E-state index is 9.10. The predicted octanol–water partition coefficient (Wildman–Crippen LogP) is 1.06. The molecular weight excluding hydrogens is 242 g/mol. The van der Waals surface area contributed by atoms with E-state index in [4.69, 9.17) is 33.1 Å². The van der Waals surface area contributed by atoms with E-state index in [1.165, 1.54) is 0 Å². The van der Waals surface area contributed by atoms with E-state index in [2.05, 4.69) is 10.5 Å². The summed E-state index contributed by atoms with van der Waals surface area (Å²) in [4.78, 5) is 0. The minimum Gasteiger partial charge on any atom is -0.392 e. The molecule has 0 spiro atoms. The van der Waals surface area contributed by atoms with Gasteiger partial charge < -0.3 is 10.8 Å². The molecule has 0 saturated carbocycles. The lowest BCUT2D eigenvalue weighted by Crippen LogP contribution is -2.22. The number of aliphatic hydroxyl groups excluding tert-OH is 1. The van der Waals surface area contributed by atoms with E-state index in [0.717, 1.165) is 0 Å². The van der Waals surface area contributed by atoms with E-state index >= 15 is 0 Å². The molecule has 0 amide bonds. The van der Waals surface area contributed by atoms with Crippen molar-refractivity contribution in [2.75, 3.05) is 5.43 Å². The van der Waals surface area contributed by atoms with Crippen LogP contribution in [0.2, 0.25) is 5.02 Å². The van der Waals surface area contributed by atoms with Crippen LogP contribution in [0.25, 0.3) is 0 Å². The van der Waals surface area contributed by atoms with Gasteiger partial charge in [0.05, 0.1) is 12.3 Å². The molecule has 0 bridgehead atoms. The van der Waals surface area contributed by atoms with Crippen molar-refractivity contribution in [3.63, 3.8) is 0 Å². The molecule has 0 saturated heterocycles. The quantitative estimate of drug-likeness (QED) is 0.363. The van der Waals surface area contributed by atoms with Crippen LogP contribution in [0, 0.1) is 16.7 Å². The molecule has 0 atom stereocenters. The molecule has 88 valence electrons. The number of anilines is 1. The number of nitrogens with two attached hydrogens (primary N) is 1. The maximum Gasteiger partial charge on any atom is 0.201 e. The monoisotopic (exact) mass is 251 g/mol. The van der Waals surface area contributed by atoms with Crippen molar-refractivity contribution in [1.29, 1.82) is 10.7 Å². The number of benzene rings is 1. The fraction of sp³-hybridized carbons (Fsp3) is 0.100. The van der Waals surface area contributed by atoms with Crippen LogP contribution in [0.4, 0.5) is 5.69 Å². The first kappa shape index (κ1) is 13.0. The van der Waals surface area contributed by atoms with Gasteiger partial charge in [0.2, 0.25) is 5.71 Å². The van der Waals surface area contributed by atoms with Crippen LogP contribution in [-0.4, -0.2) is 16.7 Å². The molecule has 0 aliphatic carbocycles. The Balaban J connectivity index is 2.97. The smallest absolute Gasteiger partial charge is 0.201 e. The first-order valence-corrected chi connectivity index (χ1v) is 4.93. The second-order valence-electron chi connectivity index (χ2n) is 3.06. The molecule has 0 fully saturated rings. The van der Waals surface area contributed by atoms with E-state index in [0.29, 0.717) is 16.3 Å². The average molecular weight is 252 g/mol. The van der Waals surface area contributed by atoms with E-state index in [1.807, 2.05) is 0 Å². The number of aliphatic hydroxyl groups is 1. The first-order valence-electron chi connectivity index (χ1n) is 4.56. The standard InChI is InChI=1S/C10H10ClN5O/c11-7-1-2-8(6(3-7)5-17)15-16-9(4-12)10(13)14/h1-3,15,17H,5H2,(H3,13,14)/b16-9+. The number of halogens is 1. The Kier molecular flexibility index (Phi) is 4.46. The van der Waals surface area contributed by atoms with Crippen LogP contribution < -0.4 is 11.2 Å². The van der Waals surface area contributed by atoms with Gasteiger partial charge in [0, 0.05) is 10.6 Å². The summed E-state index contributed by atoms with van der Waals surface area (Å²) in [6, 6.07) is 6.45. The molecular formula is C10H10ClN5O. The molecule has 6 nitrogen and oxygen atoms in total. The Morgan fingerprint density at radius 2 is 2.35 bits per heavy atom. The number of nitriles is 1. The highest BCUT2D eigenvalue weighted by Gasteiger charge is 2.04. The molecule has 0 aliphatic rings. The zero-order valence-electron chi connectivity index (χ0n) is 8.74. The summed E-state index contributed by atoms with van der Waals surface area (Å²) < 4.78 is 0. The number of rotatable bonds is 4. The zero-order chi connectivity index (χ0) is 12.8. The van der Waals surface area contributed by atoms with Crippen molar-refractivity contribution in [2.45, 2.75) is 6.61 Å². The number of hydrazone groups is 1. The van der Waals surface area contributed by atoms with E-state index in [1.54, 1.807) is 24.3 Å². The summed E-state index contributed by atoms with van der Waals surface area (Å²) in [7, 11) is 0. The van der Waals surface area contributed by atoms with Gasteiger partial charge in [-0.25, -0.2) is 0 Å². The summed E-state index contributed by atoms with van der Waals surface area (Å²) in [6.45, 7) is -0.222. The lowest BCUT2D eigenvalue weighted by atomic mass is 10.2. The predicted molar refractivity (Wildman–Crippen MR) is 66.0 cm³/mol. The third kappa shape index (κ3) is 3.45. The van der Waals surface area contributed by atoms with Crippen molar-refractivity contribution in [1.82, 2.24) is 0 Å². The van der Waals surface area contributed by atoms with Gasteiger partial charge in [-0.1, -0.05) is 11.6 Å². The summed E-state index contributed by atoms with van der Waals surface area (Å²) in [5, 5.41) is 28.9. The number of nitrogens with zero attached hydrogens (tertiary/aromatic N) is 2. The molecule has 0 aliphatic heterocycles. The highest BCUT2D eigenvalue weighted by Crippen LogP contribution is 2.20. The minimum atomic E-state index is -0.431. The van der Waals surface area contributed by atoms with Crippen LogP contribution >= 0.6 is 11.6 Å². The Morgan fingerprint density at radius 3 is 2.88 bits per heavy atom. The Bertz CT molecular complexity index is 506. The van der Waals surface area contributed by atoms with Crippen LogP contribution in [0.5, 0.6) is 0 Å². The second kappa shape index (κ2) is 5.84. The summed E-state index contributed by atoms with van der Waals surface area (Å²) >= 11 is 5.75. The van der Waals surface area contributed by atoms with Crippen LogP contribution in [0.3, 0.4) is 0 Å². The molecule has 1 aromatic rings. The molecule has 7 heteroatoms. The van der Waals surface area contributed by atoms with Crippen LogP contribution in [0.1, 0.15) is 5.56 Å². The Hall–Kier alpha value is -2.10. The summed E-state index contributed by atoms with van der Waals surface area (Å²) in [6.07, 6.45) is 0. The van der Waals surface area contributed by atoms with Gasteiger partial charge in [-0.15, -0.1) is 0 Å². The van der Waals surface area contributed by atoms with Crippen molar-refractivity contribution < 1.29 is 5.11 Å². The normalized spacial score (nSPS) is 10.8. The highest BCUT2D eigenvalue weighted by molar-refractivity contribution is 6.45. The molecule has 5 N–H and O–H groups in total. The second-order valence-corrected chi connectivity index (χ2v) is 3.49. The van der Waals surface area contributed by atoms with Crippen molar-refractivity contribution >= 4 is 28.8 Å². The van der Waals surface area contributed by atoms with Gasteiger partial charge in [0.1, 0.15) is 6.07 Å². The Labute approximate surface area is 103 Å². The average Bonchev–Trinajstić information content (AvgIpc) is 2.31. The molecule has 0 heterocycles. The SMILES string of the molecule is N#C/C(=N\Nc1ccc(Cl)cc1CO)C(=N)N. The number of amidine groups is 1. The van der Waals surface area contributed by atoms with Gasteiger partial charge in [-0.2, -0.15) is 10.4 Å². The van der Waals surface area contributed by atoms with Gasteiger partial charge in [-0.05, 0) is 18.2 Å². The van der Waals surface area contributed by atoms with Crippen molar-refractivity contribution in [3.8, 4) is 6.07 Å². The van der Waals surface area contributed by atoms with E-state index in [-0.39, 0.29) is 12.3 Å². The van der Waals surface area contributed by atoms with Gasteiger partial charge in [0.25, 0.3) is 0 Å². The molecule has 1 rings (SSSR count). The fourth-order valence-electron chi connectivity index (χ4n) is 1.06. The van der Waals surface area contributed by atoms with Gasteiger partial charge in [-0.3, -0.25) is 10.8 Å². The Morgan fingerprint density at radius 1 is 1.65 bits per heavy atom. The zero-order valence-corrected chi connectivity index (χ0v) is 9.49. The minimum absolute atomic E-state index is 0.222. The van der Waals surface area contributed by atoms with Crippen LogP contribution in [-0.2, 0) is 6.61 Å². The van der Waals surface area contributed by atoms with E-state index < -0.39 is 5.84 Å². The lowest BCUT2D eigenvalue weighted by Gasteiger charge is -2.07. The topological polar surface area (TPSA) is 118 Å². The van der Waals surface area contributed by atoms with Gasteiger partial charge >= 0.3 is 0 Å². The third-order valence-electron chi connectivity index (χ3n) is 1.89. The number of hydrogen-bond acceptors (Lipinski definition) is 5. The molecule has 0 aromatic heterocycles. The highest BCUT2D eigenvalue weighted by atomic mass is 35.5. The van der Waals surface area contributed by atoms with Crippen molar-refractivity contribution in [3.05, 3.63) is 28.8 Å². The molecule has 1 aromatic carbocycles. The maximum absolute atomic E-state index is 9.10. The molecule has 0 radical (unpaired) electrons. The molecule has 0 unspecified atom stereocenters. The largest absolute Gasteiger partial charge is 0.392 e.